The number of nitrogens with two attached hydrogens (primary N) is 2. The molecule has 0 aliphatic heterocycles. The summed E-state index contributed by atoms with van der Waals surface area (Å²) in [5.74, 6) is 0. The Kier molecular flexibility index (Phi) is 57.8. The van der Waals surface area contributed by atoms with Crippen molar-refractivity contribution in [3.63, 3.8) is 0 Å². The molecule has 52 valence electrons. The molecule has 6 heteroatoms. The third-order valence-electron chi connectivity index (χ3n) is 0. The van der Waals surface area contributed by atoms with E-state index in [1.807, 2.05) is 6.79 Å². The second-order valence-electron chi connectivity index (χ2n) is 0.504. The molecule has 2 amide bonds. The van der Waals surface area contributed by atoms with Gasteiger partial charge < -0.3 is 16.3 Å². The third-order valence-corrected chi connectivity index (χ3v) is 0. The van der Waals surface area contributed by atoms with E-state index in [9.17, 15) is 0 Å². The molecular weight excluding hydrogens is 126 g/mol. The predicted octanol–water partition coefficient (Wildman–Crippen LogP) is -1.26. The number of isocyanates is 1. The highest BCUT2D eigenvalue weighted by molar-refractivity contribution is 5.69. The highest BCUT2D eigenvalue weighted by Gasteiger charge is 1.60. The van der Waals surface area contributed by atoms with Crippen molar-refractivity contribution in [3.05, 3.63) is 0 Å². The fourth-order valence-electron chi connectivity index (χ4n) is 0. The van der Waals surface area contributed by atoms with Crippen LogP contribution in [0.15, 0.2) is 0 Å². The molecule has 0 aromatic rings. The molecule has 0 rings (SSSR count). The van der Waals surface area contributed by atoms with Crippen molar-refractivity contribution in [1.82, 2.24) is 0 Å². The lowest BCUT2D eigenvalue weighted by atomic mass is 11.2. The molecule has 0 fully saturated rings. The maximum absolute atomic E-state index is 9.00. The number of hydrogen-bond acceptors (Lipinski definition) is 4. The minimum absolute atomic E-state index is 0.750. The third kappa shape index (κ3) is 41.8. The molecule has 0 aliphatic rings. The van der Waals surface area contributed by atoms with Gasteiger partial charge in [-0.15, -0.1) is 0 Å². The lowest BCUT2D eigenvalue weighted by Gasteiger charge is -1.62. The Bertz CT molecular complexity index is 92.5. The van der Waals surface area contributed by atoms with Crippen molar-refractivity contribution in [1.29, 1.82) is 5.41 Å². The van der Waals surface area contributed by atoms with Crippen molar-refractivity contribution < 1.29 is 14.4 Å². The summed E-state index contributed by atoms with van der Waals surface area (Å²) in [7, 11) is 0. The molecule has 0 heterocycles. The van der Waals surface area contributed by atoms with Gasteiger partial charge in [-0.2, -0.15) is 0 Å². The molecule has 0 aromatic heterocycles. The number of urea groups is 1. The Balaban J connectivity index is -0.0000000646. The van der Waals surface area contributed by atoms with Crippen molar-refractivity contribution in [2.24, 2.45) is 11.5 Å². The molecule has 0 unspecified atom stereocenters. The summed E-state index contributed by atoms with van der Waals surface area (Å²) in [5, 5.41) is 5.40. The van der Waals surface area contributed by atoms with Gasteiger partial charge in [-0.1, -0.05) is 0 Å². The van der Waals surface area contributed by atoms with Gasteiger partial charge in [0.25, 0.3) is 0 Å². The maximum Gasteiger partial charge on any atom is 0.309 e. The van der Waals surface area contributed by atoms with Crippen LogP contribution < -0.4 is 11.5 Å². The second kappa shape index (κ2) is 33.2. The molecule has 9 heavy (non-hydrogen) atoms. The lowest BCUT2D eigenvalue weighted by Crippen LogP contribution is -2.18. The minimum atomic E-state index is -0.833. The van der Waals surface area contributed by atoms with Gasteiger partial charge >= 0.3 is 6.03 Å². The zero-order valence-electron chi connectivity index (χ0n) is 4.59. The Morgan fingerprint density at radius 1 is 1.44 bits per heavy atom. The Morgan fingerprint density at radius 2 is 1.44 bits per heavy atom. The van der Waals surface area contributed by atoms with Crippen LogP contribution in [0.1, 0.15) is 0 Å². The normalized spacial score (nSPS) is 4.00. The van der Waals surface area contributed by atoms with E-state index in [0.29, 0.717) is 0 Å². The first-order valence-electron chi connectivity index (χ1n) is 1.52. The molecule has 0 spiro atoms. The molecule has 0 radical (unpaired) electrons. The standard InChI is InChI=1S/CH4N2O.CHNO.CH2O/c2-1(3)4;2-1-3;1-2/h(H4,2,3,4);2H;1H2. The van der Waals surface area contributed by atoms with Gasteiger partial charge in [0.15, 0.2) is 0 Å². The van der Waals surface area contributed by atoms with Gasteiger partial charge in [-0.3, -0.25) is 0 Å². The molecule has 5 N–H and O–H groups in total. The van der Waals surface area contributed by atoms with Crippen molar-refractivity contribution in [2.45, 2.75) is 0 Å². The number of carbonyl (C=O) groups is 2. The molecular formula is C3H7N3O3. The highest BCUT2D eigenvalue weighted by atomic mass is 16.2. The molecule has 0 atom stereocenters. The van der Waals surface area contributed by atoms with Crippen molar-refractivity contribution in [2.75, 3.05) is 0 Å². The fourth-order valence-corrected chi connectivity index (χ4v) is 0. The smallest absolute Gasteiger partial charge is 0.309 e. The number of amides is 2. The van der Waals surface area contributed by atoms with E-state index in [1.165, 1.54) is 0 Å². The molecule has 0 aliphatic carbocycles. The SMILES string of the molecule is C=O.N=C=O.NC(N)=O. The van der Waals surface area contributed by atoms with Crippen molar-refractivity contribution in [3.8, 4) is 0 Å². The Labute approximate surface area is 51.3 Å². The van der Waals surface area contributed by atoms with Crippen molar-refractivity contribution >= 4 is 18.9 Å². The number of nitrogens with one attached hydrogen (secondary N) is 1. The first kappa shape index (κ1) is 15.7. The van der Waals surface area contributed by atoms with Crippen LogP contribution in [-0.2, 0) is 9.59 Å². The highest BCUT2D eigenvalue weighted by Crippen LogP contribution is 1.25. The van der Waals surface area contributed by atoms with E-state index in [4.69, 9.17) is 19.8 Å². The van der Waals surface area contributed by atoms with Gasteiger partial charge in [-0.05, 0) is 0 Å². The van der Waals surface area contributed by atoms with E-state index in [-0.39, 0.29) is 0 Å². The van der Waals surface area contributed by atoms with Gasteiger partial charge in [0.2, 0.25) is 6.08 Å². The van der Waals surface area contributed by atoms with Crippen LogP contribution in [0.4, 0.5) is 4.79 Å². The first-order chi connectivity index (χ1) is 4.15. The van der Waals surface area contributed by atoms with Crippen LogP contribution in [0.3, 0.4) is 0 Å². The topological polar surface area (TPSA) is 127 Å². The van der Waals surface area contributed by atoms with Crippen LogP contribution in [0.5, 0.6) is 0 Å². The summed E-state index contributed by atoms with van der Waals surface area (Å²) < 4.78 is 0. The van der Waals surface area contributed by atoms with Crippen LogP contribution in [0, 0.1) is 5.41 Å². The van der Waals surface area contributed by atoms with Crippen LogP contribution in [-0.4, -0.2) is 18.9 Å². The number of primary amides is 2. The van der Waals surface area contributed by atoms with Gasteiger partial charge in [0.1, 0.15) is 6.79 Å². The average Bonchev–Trinajstić information content (AvgIpc) is 1.71. The molecule has 6 nitrogen and oxygen atoms in total. The van der Waals surface area contributed by atoms with E-state index in [0.717, 1.165) is 6.08 Å². The van der Waals surface area contributed by atoms with Crippen LogP contribution in [0.2, 0.25) is 0 Å². The van der Waals surface area contributed by atoms with E-state index in [2.05, 4.69) is 11.5 Å². The molecule has 0 bridgehead atoms. The number of hydrogen-bond donors (Lipinski definition) is 3. The summed E-state index contributed by atoms with van der Waals surface area (Å²) in [4.78, 5) is 25.3. The lowest BCUT2D eigenvalue weighted by molar-refractivity contribution is -0.0979. The summed E-state index contributed by atoms with van der Waals surface area (Å²) in [6.45, 7) is 2.00. The second-order valence-corrected chi connectivity index (χ2v) is 0.504. The fraction of sp³-hybridized carbons (Fsp3) is 0. The summed E-state index contributed by atoms with van der Waals surface area (Å²) in [5.41, 5.74) is 8.50. The zero-order chi connectivity index (χ0) is 8.28. The Morgan fingerprint density at radius 3 is 1.44 bits per heavy atom. The largest absolute Gasteiger partial charge is 0.352 e. The van der Waals surface area contributed by atoms with Gasteiger partial charge in [0, 0.05) is 0 Å². The van der Waals surface area contributed by atoms with E-state index >= 15 is 0 Å². The number of carbonyl (C=O) groups excluding carboxylic acids is 3. The number of rotatable bonds is 0. The Hall–Kier alpha value is -1.68. The van der Waals surface area contributed by atoms with Gasteiger partial charge in [0.05, 0.1) is 0 Å². The molecule has 0 aromatic carbocycles. The maximum atomic E-state index is 9.00. The molecule has 0 saturated carbocycles. The average molecular weight is 133 g/mol. The quantitative estimate of drug-likeness (QED) is 0.282. The zero-order valence-corrected chi connectivity index (χ0v) is 4.59. The van der Waals surface area contributed by atoms with E-state index in [1.54, 1.807) is 0 Å². The van der Waals surface area contributed by atoms with E-state index < -0.39 is 6.03 Å². The van der Waals surface area contributed by atoms with Crippen LogP contribution >= 0.6 is 0 Å². The minimum Gasteiger partial charge on any atom is -0.352 e. The summed E-state index contributed by atoms with van der Waals surface area (Å²) in [6.07, 6.45) is 0.750. The van der Waals surface area contributed by atoms with Gasteiger partial charge in [-0.25, -0.2) is 15.0 Å². The predicted molar refractivity (Wildman–Crippen MR) is 29.3 cm³/mol. The monoisotopic (exact) mass is 133 g/mol. The molecule has 0 saturated heterocycles. The summed E-state index contributed by atoms with van der Waals surface area (Å²) >= 11 is 0. The first-order valence-corrected chi connectivity index (χ1v) is 1.52. The van der Waals surface area contributed by atoms with Crippen LogP contribution in [0.25, 0.3) is 0 Å². The summed E-state index contributed by atoms with van der Waals surface area (Å²) in [6, 6.07) is -0.833.